The fourth-order valence-corrected chi connectivity index (χ4v) is 4.30. The zero-order valence-corrected chi connectivity index (χ0v) is 12.0. The Morgan fingerprint density at radius 3 is 3.11 bits per heavy atom. The Morgan fingerprint density at radius 1 is 1.50 bits per heavy atom. The lowest BCUT2D eigenvalue weighted by atomic mass is 10.0. The number of aliphatic imine (C=N–C) groups is 1. The van der Waals surface area contributed by atoms with E-state index >= 15 is 0 Å². The molecule has 1 unspecified atom stereocenters. The first kappa shape index (κ1) is 12.8. The highest BCUT2D eigenvalue weighted by Crippen LogP contribution is 2.37. The van der Waals surface area contributed by atoms with Crippen molar-refractivity contribution in [2.75, 3.05) is 39.0 Å². The first-order chi connectivity index (χ1) is 8.76. The Labute approximate surface area is 114 Å². The Bertz CT molecular complexity index is 328. The van der Waals surface area contributed by atoms with Gasteiger partial charge in [-0.05, 0) is 19.9 Å². The summed E-state index contributed by atoms with van der Waals surface area (Å²) in [5, 5.41) is 4.81. The Hall–Kier alpha value is -0.260. The summed E-state index contributed by atoms with van der Waals surface area (Å²) >= 11 is 1.90. The molecule has 102 valence electrons. The number of nitrogens with zero attached hydrogens (tertiary/aromatic N) is 2. The average Bonchev–Trinajstić information content (AvgIpc) is 2.98. The van der Waals surface area contributed by atoms with Crippen LogP contribution in [0.15, 0.2) is 4.99 Å². The number of hydrogen-bond donors (Lipinski definition) is 1. The van der Waals surface area contributed by atoms with Gasteiger partial charge in [0.15, 0.2) is 5.17 Å². The van der Waals surface area contributed by atoms with Gasteiger partial charge in [0, 0.05) is 24.4 Å². The van der Waals surface area contributed by atoms with Crippen molar-refractivity contribution >= 4 is 16.9 Å². The van der Waals surface area contributed by atoms with Crippen molar-refractivity contribution < 1.29 is 4.74 Å². The molecule has 1 spiro atoms. The van der Waals surface area contributed by atoms with E-state index in [1.807, 2.05) is 11.8 Å². The monoisotopic (exact) mass is 269 g/mol. The fraction of sp³-hybridized carbons (Fsp3) is 0.923. The predicted molar refractivity (Wildman–Crippen MR) is 76.3 cm³/mol. The molecule has 3 fully saturated rings. The topological polar surface area (TPSA) is 36.9 Å². The van der Waals surface area contributed by atoms with E-state index in [1.54, 1.807) is 0 Å². The van der Waals surface area contributed by atoms with Gasteiger partial charge in [0.25, 0.3) is 0 Å². The lowest BCUT2D eigenvalue weighted by Crippen LogP contribution is -2.42. The summed E-state index contributed by atoms with van der Waals surface area (Å²) in [4.78, 5) is 7.04. The van der Waals surface area contributed by atoms with Gasteiger partial charge >= 0.3 is 0 Å². The molecule has 5 heteroatoms. The van der Waals surface area contributed by atoms with Gasteiger partial charge in [-0.2, -0.15) is 0 Å². The molecule has 0 aromatic rings. The minimum atomic E-state index is 0.277. The van der Waals surface area contributed by atoms with E-state index in [1.165, 1.54) is 31.4 Å². The van der Waals surface area contributed by atoms with Crippen LogP contribution < -0.4 is 5.32 Å². The zero-order valence-electron chi connectivity index (χ0n) is 11.2. The van der Waals surface area contributed by atoms with Crippen molar-refractivity contribution in [2.24, 2.45) is 4.99 Å². The normalized spacial score (nSPS) is 34.3. The first-order valence-corrected chi connectivity index (χ1v) is 8.00. The van der Waals surface area contributed by atoms with Crippen LogP contribution in [0, 0.1) is 0 Å². The van der Waals surface area contributed by atoms with Gasteiger partial charge in [0.2, 0.25) is 0 Å². The van der Waals surface area contributed by atoms with E-state index in [-0.39, 0.29) is 6.10 Å². The Kier molecular flexibility index (Phi) is 3.82. The molecule has 0 aromatic heterocycles. The van der Waals surface area contributed by atoms with E-state index in [0.29, 0.717) is 5.54 Å². The molecule has 0 bridgehead atoms. The number of likely N-dealkylation sites (N-methyl/N-ethyl adjacent to an activating group) is 1. The maximum absolute atomic E-state index is 5.74. The summed E-state index contributed by atoms with van der Waals surface area (Å²) in [6.07, 6.45) is 5.66. The summed E-state index contributed by atoms with van der Waals surface area (Å²) < 4.78 is 5.74. The van der Waals surface area contributed by atoms with Gasteiger partial charge < -0.3 is 15.0 Å². The minimum Gasteiger partial charge on any atom is -0.374 e. The minimum absolute atomic E-state index is 0.277. The van der Waals surface area contributed by atoms with Crippen LogP contribution in [0.2, 0.25) is 0 Å². The molecular formula is C13H23N3OS. The number of morpholine rings is 1. The molecule has 18 heavy (non-hydrogen) atoms. The molecule has 0 amide bonds. The molecule has 2 aliphatic heterocycles. The second kappa shape index (κ2) is 5.39. The third-order valence-electron chi connectivity index (χ3n) is 4.20. The van der Waals surface area contributed by atoms with Crippen LogP contribution in [0.5, 0.6) is 0 Å². The van der Waals surface area contributed by atoms with Crippen LogP contribution in [0.25, 0.3) is 0 Å². The Balaban J connectivity index is 1.51. The molecule has 1 aliphatic carbocycles. The number of amidine groups is 1. The van der Waals surface area contributed by atoms with Gasteiger partial charge in [-0.15, -0.1) is 0 Å². The maximum Gasteiger partial charge on any atom is 0.157 e. The highest BCUT2D eigenvalue weighted by Gasteiger charge is 2.39. The number of rotatable bonds is 2. The number of nitrogens with one attached hydrogen (secondary N) is 1. The standard InChI is InChI=1S/C13H23N3OS/c1-16-6-7-17-11(9-16)8-14-12-15-13(10-18-12)4-2-3-5-13/h11H,2-10H2,1H3,(H,14,15). The van der Waals surface area contributed by atoms with Crippen LogP contribution in [-0.4, -0.2) is 60.8 Å². The van der Waals surface area contributed by atoms with Crippen molar-refractivity contribution in [3.8, 4) is 0 Å². The predicted octanol–water partition coefficient (Wildman–Crippen LogP) is 1.32. The van der Waals surface area contributed by atoms with Crippen molar-refractivity contribution in [3.63, 3.8) is 0 Å². The molecule has 4 nitrogen and oxygen atoms in total. The number of hydrogen-bond acceptors (Lipinski definition) is 4. The van der Waals surface area contributed by atoms with Gasteiger partial charge in [-0.25, -0.2) is 0 Å². The van der Waals surface area contributed by atoms with Gasteiger partial charge in [0.05, 0.1) is 19.3 Å². The fourth-order valence-electron chi connectivity index (χ4n) is 3.07. The molecule has 3 rings (SSSR count). The molecule has 0 aromatic carbocycles. The van der Waals surface area contributed by atoms with Crippen molar-refractivity contribution in [1.82, 2.24) is 10.2 Å². The lowest BCUT2D eigenvalue weighted by molar-refractivity contribution is -0.0135. The smallest absolute Gasteiger partial charge is 0.157 e. The molecule has 1 N–H and O–H groups in total. The molecule has 3 aliphatic rings. The van der Waals surface area contributed by atoms with Crippen LogP contribution in [0.3, 0.4) is 0 Å². The van der Waals surface area contributed by atoms with Gasteiger partial charge in [0.1, 0.15) is 0 Å². The second-order valence-corrected chi connectivity index (χ2v) is 6.77. The molecular weight excluding hydrogens is 246 g/mol. The van der Waals surface area contributed by atoms with E-state index in [0.717, 1.165) is 31.4 Å². The maximum atomic E-state index is 5.74. The second-order valence-electron chi connectivity index (χ2n) is 5.80. The van der Waals surface area contributed by atoms with Crippen LogP contribution in [0.1, 0.15) is 25.7 Å². The van der Waals surface area contributed by atoms with E-state index < -0.39 is 0 Å². The SMILES string of the molecule is CN1CCOC(CN=C2NC3(CCCC3)CS2)C1. The largest absolute Gasteiger partial charge is 0.374 e. The molecule has 1 atom stereocenters. The quantitative estimate of drug-likeness (QED) is 0.820. The van der Waals surface area contributed by atoms with Gasteiger partial charge in [-0.3, -0.25) is 4.99 Å². The van der Waals surface area contributed by atoms with Crippen molar-refractivity contribution in [1.29, 1.82) is 0 Å². The summed E-state index contributed by atoms with van der Waals surface area (Å²) in [5.74, 6) is 1.21. The molecule has 1 saturated carbocycles. The van der Waals surface area contributed by atoms with Gasteiger partial charge in [-0.1, -0.05) is 24.6 Å². The average molecular weight is 269 g/mol. The summed E-state index contributed by atoms with van der Waals surface area (Å²) in [5.41, 5.74) is 0.383. The lowest BCUT2D eigenvalue weighted by Gasteiger charge is -2.29. The molecule has 0 radical (unpaired) electrons. The van der Waals surface area contributed by atoms with Crippen LogP contribution >= 0.6 is 11.8 Å². The highest BCUT2D eigenvalue weighted by atomic mass is 32.2. The van der Waals surface area contributed by atoms with E-state index in [2.05, 4.69) is 17.3 Å². The summed E-state index contributed by atoms with van der Waals surface area (Å²) in [7, 11) is 2.15. The third-order valence-corrected chi connectivity index (χ3v) is 5.40. The Morgan fingerprint density at radius 2 is 2.33 bits per heavy atom. The van der Waals surface area contributed by atoms with E-state index in [9.17, 15) is 0 Å². The van der Waals surface area contributed by atoms with E-state index in [4.69, 9.17) is 9.73 Å². The highest BCUT2D eigenvalue weighted by molar-refractivity contribution is 8.14. The molecule has 2 heterocycles. The van der Waals surface area contributed by atoms with Crippen molar-refractivity contribution in [3.05, 3.63) is 0 Å². The van der Waals surface area contributed by atoms with Crippen LogP contribution in [0.4, 0.5) is 0 Å². The summed E-state index contributed by atoms with van der Waals surface area (Å²) in [6.45, 7) is 3.70. The summed E-state index contributed by atoms with van der Waals surface area (Å²) in [6, 6.07) is 0. The first-order valence-electron chi connectivity index (χ1n) is 7.01. The number of thioether (sulfide) groups is 1. The van der Waals surface area contributed by atoms with Crippen LogP contribution in [-0.2, 0) is 4.74 Å². The molecule has 2 saturated heterocycles. The van der Waals surface area contributed by atoms with Crippen molar-refractivity contribution in [2.45, 2.75) is 37.3 Å². The number of ether oxygens (including phenoxy) is 1. The third kappa shape index (κ3) is 2.83. The zero-order chi connectivity index (χ0) is 12.4.